The summed E-state index contributed by atoms with van der Waals surface area (Å²) in [5.41, 5.74) is 3.05. The van der Waals surface area contributed by atoms with Gasteiger partial charge in [-0.25, -0.2) is 4.98 Å². The van der Waals surface area contributed by atoms with E-state index in [1.54, 1.807) is 22.2 Å². The molecule has 0 saturated heterocycles. The number of nitrogens with one attached hydrogen (secondary N) is 1. The van der Waals surface area contributed by atoms with Crippen LogP contribution in [0.25, 0.3) is 11.1 Å². The third-order valence-electron chi connectivity index (χ3n) is 4.01. The van der Waals surface area contributed by atoms with Crippen LogP contribution in [0.1, 0.15) is 29.5 Å². The van der Waals surface area contributed by atoms with Crippen LogP contribution < -0.4 is 5.32 Å². The van der Waals surface area contributed by atoms with Crippen molar-refractivity contribution >= 4 is 17.2 Å². The maximum absolute atomic E-state index is 12.1. The molecular formula is C18H18N4OS. The Balaban J connectivity index is 1.31. The second-order valence-electron chi connectivity index (χ2n) is 6.02. The van der Waals surface area contributed by atoms with Gasteiger partial charge in [-0.3, -0.25) is 9.48 Å². The van der Waals surface area contributed by atoms with Gasteiger partial charge in [0, 0.05) is 23.1 Å². The van der Waals surface area contributed by atoms with Crippen molar-refractivity contribution in [2.45, 2.75) is 31.8 Å². The monoisotopic (exact) mass is 338 g/mol. The maximum Gasteiger partial charge on any atom is 0.242 e. The number of carbonyl (C=O) groups is 1. The zero-order valence-corrected chi connectivity index (χ0v) is 14.0. The molecular weight excluding hydrogens is 320 g/mol. The molecule has 0 bridgehead atoms. The minimum Gasteiger partial charge on any atom is -0.349 e. The molecule has 24 heavy (non-hydrogen) atoms. The zero-order chi connectivity index (χ0) is 16.4. The number of nitrogens with zero attached hydrogens (tertiary/aromatic N) is 3. The van der Waals surface area contributed by atoms with E-state index in [1.807, 2.05) is 41.9 Å². The van der Waals surface area contributed by atoms with E-state index in [0.29, 0.717) is 12.5 Å². The average Bonchev–Trinajstić information content (AvgIpc) is 3.17. The van der Waals surface area contributed by atoms with Crippen LogP contribution in [0.4, 0.5) is 0 Å². The number of rotatable bonds is 6. The molecule has 1 aromatic carbocycles. The van der Waals surface area contributed by atoms with Gasteiger partial charge in [-0.05, 0) is 18.4 Å². The molecule has 0 spiro atoms. The molecule has 1 saturated carbocycles. The highest BCUT2D eigenvalue weighted by Crippen LogP contribution is 2.41. The first-order valence-electron chi connectivity index (χ1n) is 8.07. The van der Waals surface area contributed by atoms with Crippen molar-refractivity contribution in [3.63, 3.8) is 0 Å². The predicted octanol–water partition coefficient (Wildman–Crippen LogP) is 3.20. The molecule has 1 N–H and O–H groups in total. The number of hydrogen-bond acceptors (Lipinski definition) is 4. The molecule has 6 heteroatoms. The summed E-state index contributed by atoms with van der Waals surface area (Å²) in [6.07, 6.45) is 6.18. The Hall–Kier alpha value is -2.47. The molecule has 0 aliphatic heterocycles. The normalized spacial score (nSPS) is 13.8. The molecule has 1 aliphatic carbocycles. The summed E-state index contributed by atoms with van der Waals surface area (Å²) < 4.78 is 1.66. The van der Waals surface area contributed by atoms with Crippen LogP contribution in [-0.4, -0.2) is 20.7 Å². The Kier molecular flexibility index (Phi) is 4.13. The SMILES string of the molecule is O=C(Cn1cc(-c2ccccc2)cn1)NCc1csc(C2CC2)n1. The summed E-state index contributed by atoms with van der Waals surface area (Å²) in [4.78, 5) is 16.7. The van der Waals surface area contributed by atoms with Gasteiger partial charge in [-0.15, -0.1) is 11.3 Å². The van der Waals surface area contributed by atoms with Gasteiger partial charge < -0.3 is 5.32 Å². The molecule has 4 rings (SSSR count). The fourth-order valence-electron chi connectivity index (χ4n) is 2.54. The molecule has 1 aliphatic rings. The van der Waals surface area contributed by atoms with Crippen LogP contribution in [0, 0.1) is 0 Å². The lowest BCUT2D eigenvalue weighted by Gasteiger charge is -2.03. The Morgan fingerprint density at radius 2 is 2.08 bits per heavy atom. The van der Waals surface area contributed by atoms with E-state index in [9.17, 15) is 4.79 Å². The molecule has 1 fully saturated rings. The highest BCUT2D eigenvalue weighted by molar-refractivity contribution is 7.09. The highest BCUT2D eigenvalue weighted by Gasteiger charge is 2.26. The van der Waals surface area contributed by atoms with Crippen molar-refractivity contribution in [2.24, 2.45) is 0 Å². The van der Waals surface area contributed by atoms with Crippen LogP contribution >= 0.6 is 11.3 Å². The highest BCUT2D eigenvalue weighted by atomic mass is 32.1. The van der Waals surface area contributed by atoms with Crippen molar-refractivity contribution in [3.8, 4) is 11.1 Å². The number of amides is 1. The Bertz CT molecular complexity index is 836. The van der Waals surface area contributed by atoms with Gasteiger partial charge in [0.1, 0.15) is 6.54 Å². The Labute approximate surface area is 144 Å². The fourth-order valence-corrected chi connectivity index (χ4v) is 3.53. The number of aromatic nitrogens is 3. The summed E-state index contributed by atoms with van der Waals surface area (Å²) >= 11 is 1.70. The van der Waals surface area contributed by atoms with Gasteiger partial charge >= 0.3 is 0 Å². The topological polar surface area (TPSA) is 59.8 Å². The van der Waals surface area contributed by atoms with Crippen molar-refractivity contribution in [2.75, 3.05) is 0 Å². The number of carbonyl (C=O) groups excluding carboxylic acids is 1. The smallest absolute Gasteiger partial charge is 0.242 e. The minimum absolute atomic E-state index is 0.0568. The van der Waals surface area contributed by atoms with Crippen molar-refractivity contribution < 1.29 is 4.79 Å². The predicted molar refractivity (Wildman–Crippen MR) is 93.6 cm³/mol. The van der Waals surface area contributed by atoms with Crippen molar-refractivity contribution in [3.05, 3.63) is 58.8 Å². The van der Waals surface area contributed by atoms with Gasteiger partial charge in [0.2, 0.25) is 5.91 Å². The number of hydrogen-bond donors (Lipinski definition) is 1. The lowest BCUT2D eigenvalue weighted by atomic mass is 10.1. The standard InChI is InChI=1S/C18H18N4OS/c23-17(19-9-16-12-24-18(21-16)14-6-7-14)11-22-10-15(8-20-22)13-4-2-1-3-5-13/h1-5,8,10,12,14H,6-7,9,11H2,(H,19,23). The molecule has 0 unspecified atom stereocenters. The first-order valence-corrected chi connectivity index (χ1v) is 8.95. The van der Waals surface area contributed by atoms with Crippen molar-refractivity contribution in [1.82, 2.24) is 20.1 Å². The van der Waals surface area contributed by atoms with E-state index in [1.165, 1.54) is 17.8 Å². The average molecular weight is 338 g/mol. The van der Waals surface area contributed by atoms with Gasteiger partial charge in [0.05, 0.1) is 23.4 Å². The quantitative estimate of drug-likeness (QED) is 0.751. The van der Waals surface area contributed by atoms with E-state index in [4.69, 9.17) is 0 Å². The molecule has 0 atom stereocenters. The molecule has 1 amide bonds. The zero-order valence-electron chi connectivity index (χ0n) is 13.2. The van der Waals surface area contributed by atoms with E-state index in [0.717, 1.165) is 16.8 Å². The van der Waals surface area contributed by atoms with Crippen LogP contribution in [-0.2, 0) is 17.9 Å². The number of thiazole rings is 1. The second kappa shape index (κ2) is 6.57. The van der Waals surface area contributed by atoms with E-state index < -0.39 is 0 Å². The van der Waals surface area contributed by atoms with Crippen LogP contribution in [0.3, 0.4) is 0 Å². The lowest BCUT2D eigenvalue weighted by molar-refractivity contribution is -0.122. The first kappa shape index (κ1) is 15.1. The van der Waals surface area contributed by atoms with Crippen molar-refractivity contribution in [1.29, 1.82) is 0 Å². The summed E-state index contributed by atoms with van der Waals surface area (Å²) in [7, 11) is 0. The Morgan fingerprint density at radius 1 is 1.25 bits per heavy atom. The third kappa shape index (κ3) is 3.54. The van der Waals surface area contributed by atoms with Gasteiger partial charge in [-0.1, -0.05) is 30.3 Å². The maximum atomic E-state index is 12.1. The van der Waals surface area contributed by atoms with Crippen LogP contribution in [0.2, 0.25) is 0 Å². The molecule has 0 radical (unpaired) electrons. The minimum atomic E-state index is -0.0568. The van der Waals surface area contributed by atoms with Gasteiger partial charge in [0.15, 0.2) is 0 Å². The van der Waals surface area contributed by atoms with Crippen LogP contribution in [0.15, 0.2) is 48.1 Å². The first-order chi connectivity index (χ1) is 11.8. The summed E-state index contributed by atoms with van der Waals surface area (Å²) in [6, 6.07) is 10.0. The fraction of sp³-hybridized carbons (Fsp3) is 0.278. The molecule has 2 aromatic heterocycles. The Morgan fingerprint density at radius 3 is 2.88 bits per heavy atom. The third-order valence-corrected chi connectivity index (χ3v) is 5.06. The largest absolute Gasteiger partial charge is 0.349 e. The van der Waals surface area contributed by atoms with Gasteiger partial charge in [-0.2, -0.15) is 5.10 Å². The summed E-state index contributed by atoms with van der Waals surface area (Å²) in [5.74, 6) is 0.610. The number of benzene rings is 1. The van der Waals surface area contributed by atoms with E-state index >= 15 is 0 Å². The van der Waals surface area contributed by atoms with Gasteiger partial charge in [0.25, 0.3) is 0 Å². The molecule has 2 heterocycles. The molecule has 5 nitrogen and oxygen atoms in total. The second-order valence-corrected chi connectivity index (χ2v) is 6.91. The lowest BCUT2D eigenvalue weighted by Crippen LogP contribution is -2.27. The van der Waals surface area contributed by atoms with Crippen LogP contribution in [0.5, 0.6) is 0 Å². The van der Waals surface area contributed by atoms with E-state index in [2.05, 4.69) is 15.4 Å². The molecule has 122 valence electrons. The summed E-state index contributed by atoms with van der Waals surface area (Å²) in [6.45, 7) is 0.696. The molecule has 3 aromatic rings. The van der Waals surface area contributed by atoms with E-state index in [-0.39, 0.29) is 12.5 Å². The summed E-state index contributed by atoms with van der Waals surface area (Å²) in [5, 5.41) is 10.4.